The van der Waals surface area contributed by atoms with E-state index in [9.17, 15) is 19.5 Å². The second kappa shape index (κ2) is 6.56. The second-order valence-electron chi connectivity index (χ2n) is 5.32. The van der Waals surface area contributed by atoms with Crippen LogP contribution in [0, 0.1) is 0 Å². The largest absolute Gasteiger partial charge is 0.481 e. The van der Waals surface area contributed by atoms with Gasteiger partial charge >= 0.3 is 12.0 Å². The fourth-order valence-electron chi connectivity index (χ4n) is 1.93. The number of carbonyl (C=O) groups is 3. The van der Waals surface area contributed by atoms with Crippen molar-refractivity contribution in [2.24, 2.45) is 0 Å². The van der Waals surface area contributed by atoms with Crippen molar-refractivity contribution in [3.05, 3.63) is 0 Å². The molecule has 20 heavy (non-hydrogen) atoms. The van der Waals surface area contributed by atoms with Crippen LogP contribution >= 0.6 is 0 Å². The van der Waals surface area contributed by atoms with Crippen LogP contribution in [-0.4, -0.2) is 76.7 Å². The van der Waals surface area contributed by atoms with Gasteiger partial charge in [-0.15, -0.1) is 0 Å². The summed E-state index contributed by atoms with van der Waals surface area (Å²) in [6, 6.07) is -0.473. The number of rotatable bonds is 4. The summed E-state index contributed by atoms with van der Waals surface area (Å²) in [5, 5.41) is 20.9. The number of nitrogens with one attached hydrogen (secondary N) is 1. The summed E-state index contributed by atoms with van der Waals surface area (Å²) in [4.78, 5) is 37.1. The van der Waals surface area contributed by atoms with E-state index in [0.29, 0.717) is 19.5 Å². The standard InChI is InChI=1S/C12H21N3O5/c1-12(20,6-10(17)18)8-13-11(19)15-5-3-4-14(2)9(16)7-15/h20H,3-8H2,1-2H3,(H,13,19)(H,17,18). The van der Waals surface area contributed by atoms with Gasteiger partial charge < -0.3 is 25.3 Å². The minimum atomic E-state index is -1.52. The van der Waals surface area contributed by atoms with Crippen LogP contribution in [0.3, 0.4) is 0 Å². The molecule has 0 radical (unpaired) electrons. The smallest absolute Gasteiger partial charge is 0.317 e. The van der Waals surface area contributed by atoms with Crippen molar-refractivity contribution in [3.8, 4) is 0 Å². The minimum Gasteiger partial charge on any atom is -0.481 e. The summed E-state index contributed by atoms with van der Waals surface area (Å²) < 4.78 is 0. The molecule has 3 N–H and O–H groups in total. The van der Waals surface area contributed by atoms with E-state index in [-0.39, 0.29) is 19.0 Å². The fraction of sp³-hybridized carbons (Fsp3) is 0.750. The van der Waals surface area contributed by atoms with Crippen LogP contribution < -0.4 is 5.32 Å². The van der Waals surface area contributed by atoms with Crippen molar-refractivity contribution in [1.29, 1.82) is 0 Å². The lowest BCUT2D eigenvalue weighted by molar-refractivity contribution is -0.141. The van der Waals surface area contributed by atoms with Crippen molar-refractivity contribution in [2.45, 2.75) is 25.4 Å². The maximum absolute atomic E-state index is 11.9. The predicted octanol–water partition coefficient (Wildman–Crippen LogP) is -0.914. The third kappa shape index (κ3) is 5.04. The highest BCUT2D eigenvalue weighted by molar-refractivity contribution is 5.84. The van der Waals surface area contributed by atoms with Crippen LogP contribution in [0.25, 0.3) is 0 Å². The van der Waals surface area contributed by atoms with Crippen molar-refractivity contribution in [3.63, 3.8) is 0 Å². The Morgan fingerprint density at radius 1 is 1.40 bits per heavy atom. The third-order valence-corrected chi connectivity index (χ3v) is 3.11. The van der Waals surface area contributed by atoms with Crippen LogP contribution in [-0.2, 0) is 9.59 Å². The first-order valence-corrected chi connectivity index (χ1v) is 6.42. The van der Waals surface area contributed by atoms with E-state index in [0.717, 1.165) is 0 Å². The molecule has 1 saturated heterocycles. The highest BCUT2D eigenvalue weighted by Crippen LogP contribution is 2.08. The van der Waals surface area contributed by atoms with Crippen molar-refractivity contribution in [2.75, 3.05) is 33.2 Å². The number of carbonyl (C=O) groups excluding carboxylic acids is 2. The zero-order chi connectivity index (χ0) is 15.3. The Kier molecular flexibility index (Phi) is 5.32. The van der Waals surface area contributed by atoms with Crippen molar-refractivity contribution in [1.82, 2.24) is 15.1 Å². The zero-order valence-electron chi connectivity index (χ0n) is 11.8. The van der Waals surface area contributed by atoms with E-state index in [4.69, 9.17) is 5.11 Å². The number of nitrogens with zero attached hydrogens (tertiary/aromatic N) is 2. The van der Waals surface area contributed by atoms with E-state index < -0.39 is 24.0 Å². The van der Waals surface area contributed by atoms with E-state index in [2.05, 4.69) is 5.32 Å². The molecule has 0 aromatic heterocycles. The molecule has 8 nitrogen and oxygen atoms in total. The number of likely N-dealkylation sites (N-methyl/N-ethyl adjacent to an activating group) is 1. The molecule has 1 heterocycles. The monoisotopic (exact) mass is 287 g/mol. The lowest BCUT2D eigenvalue weighted by atomic mass is 10.0. The van der Waals surface area contributed by atoms with Gasteiger partial charge in [-0.1, -0.05) is 0 Å². The summed E-state index contributed by atoms with van der Waals surface area (Å²) in [5.41, 5.74) is -1.52. The Morgan fingerprint density at radius 2 is 2.05 bits per heavy atom. The molecule has 0 spiro atoms. The molecule has 1 atom stereocenters. The van der Waals surface area contributed by atoms with Gasteiger partial charge in [0, 0.05) is 26.7 Å². The molecule has 1 aliphatic heterocycles. The molecule has 1 aliphatic rings. The average Bonchev–Trinajstić information content (AvgIpc) is 2.48. The Bertz CT molecular complexity index is 397. The normalized spacial score (nSPS) is 19.2. The van der Waals surface area contributed by atoms with Crippen LogP contribution in [0.2, 0.25) is 0 Å². The Morgan fingerprint density at radius 3 is 2.65 bits per heavy atom. The molecule has 0 aliphatic carbocycles. The highest BCUT2D eigenvalue weighted by atomic mass is 16.4. The molecule has 114 valence electrons. The summed E-state index contributed by atoms with van der Waals surface area (Å²) in [6.45, 7) is 2.19. The number of carboxylic acids is 1. The summed E-state index contributed by atoms with van der Waals surface area (Å²) in [6.07, 6.45) is 0.218. The third-order valence-electron chi connectivity index (χ3n) is 3.11. The first-order valence-electron chi connectivity index (χ1n) is 6.42. The van der Waals surface area contributed by atoms with E-state index in [1.54, 1.807) is 11.9 Å². The van der Waals surface area contributed by atoms with Gasteiger partial charge in [0.1, 0.15) is 6.54 Å². The van der Waals surface area contributed by atoms with Crippen LogP contribution in [0.5, 0.6) is 0 Å². The molecule has 1 fully saturated rings. The van der Waals surface area contributed by atoms with Gasteiger partial charge in [0.15, 0.2) is 0 Å². The Hall–Kier alpha value is -1.83. The maximum atomic E-state index is 11.9. The fourth-order valence-corrected chi connectivity index (χ4v) is 1.93. The van der Waals surface area contributed by atoms with Crippen LogP contribution in [0.15, 0.2) is 0 Å². The number of aliphatic carboxylic acids is 1. The van der Waals surface area contributed by atoms with Gasteiger partial charge in [0.05, 0.1) is 12.0 Å². The van der Waals surface area contributed by atoms with Gasteiger partial charge in [0.25, 0.3) is 0 Å². The molecule has 0 bridgehead atoms. The number of urea groups is 1. The van der Waals surface area contributed by atoms with Crippen molar-refractivity contribution < 1.29 is 24.6 Å². The second-order valence-corrected chi connectivity index (χ2v) is 5.32. The van der Waals surface area contributed by atoms with Gasteiger partial charge in [-0.2, -0.15) is 0 Å². The highest BCUT2D eigenvalue weighted by Gasteiger charge is 2.27. The first-order chi connectivity index (χ1) is 9.21. The predicted molar refractivity (Wildman–Crippen MR) is 70.1 cm³/mol. The van der Waals surface area contributed by atoms with E-state index in [1.807, 2.05) is 0 Å². The van der Waals surface area contributed by atoms with E-state index in [1.165, 1.54) is 11.8 Å². The average molecular weight is 287 g/mol. The lowest BCUT2D eigenvalue weighted by Gasteiger charge is -2.25. The zero-order valence-corrected chi connectivity index (χ0v) is 11.8. The molecule has 0 aromatic carbocycles. The molecule has 3 amide bonds. The summed E-state index contributed by atoms with van der Waals surface area (Å²) in [5.74, 6) is -1.29. The molecule has 0 aromatic rings. The SMILES string of the molecule is CN1CCCN(C(=O)NCC(C)(O)CC(=O)O)CC1=O. The summed E-state index contributed by atoms with van der Waals surface area (Å²) >= 11 is 0. The molecule has 1 rings (SSSR count). The van der Waals surface area contributed by atoms with Gasteiger partial charge in [-0.25, -0.2) is 4.79 Å². The van der Waals surface area contributed by atoms with Crippen LogP contribution in [0.1, 0.15) is 19.8 Å². The lowest BCUT2D eigenvalue weighted by Crippen LogP contribution is -2.49. The molecule has 1 unspecified atom stereocenters. The van der Waals surface area contributed by atoms with Gasteiger partial charge in [-0.05, 0) is 13.3 Å². The molecule has 0 saturated carbocycles. The number of carboxylic acid groups (broad SMARTS) is 1. The number of amides is 3. The molecular weight excluding hydrogens is 266 g/mol. The van der Waals surface area contributed by atoms with Crippen LogP contribution in [0.4, 0.5) is 4.79 Å². The summed E-state index contributed by atoms with van der Waals surface area (Å²) in [7, 11) is 1.68. The number of hydrogen-bond acceptors (Lipinski definition) is 4. The number of hydrogen-bond donors (Lipinski definition) is 3. The van der Waals surface area contributed by atoms with Crippen molar-refractivity contribution >= 4 is 17.9 Å². The first kappa shape index (κ1) is 16.2. The molecule has 8 heteroatoms. The topological polar surface area (TPSA) is 110 Å². The Balaban J connectivity index is 2.50. The Labute approximate surface area is 117 Å². The maximum Gasteiger partial charge on any atom is 0.317 e. The minimum absolute atomic E-state index is 0.0105. The van der Waals surface area contributed by atoms with E-state index >= 15 is 0 Å². The number of aliphatic hydroxyl groups is 1. The van der Waals surface area contributed by atoms with Gasteiger partial charge in [0.2, 0.25) is 5.91 Å². The molecular formula is C12H21N3O5. The quantitative estimate of drug-likeness (QED) is 0.620. The van der Waals surface area contributed by atoms with Gasteiger partial charge in [-0.3, -0.25) is 9.59 Å².